The first kappa shape index (κ1) is 19.9. The first-order chi connectivity index (χ1) is 16.8. The van der Waals surface area contributed by atoms with Crippen LogP contribution in [0.2, 0.25) is 0 Å². The van der Waals surface area contributed by atoms with Crippen LogP contribution < -0.4 is 0 Å². The van der Waals surface area contributed by atoms with E-state index in [9.17, 15) is 0 Å². The summed E-state index contributed by atoms with van der Waals surface area (Å²) in [6.45, 7) is 2.81. The summed E-state index contributed by atoms with van der Waals surface area (Å²) in [7, 11) is 0. The van der Waals surface area contributed by atoms with Gasteiger partial charge in [0.25, 0.3) is 0 Å². The van der Waals surface area contributed by atoms with E-state index in [2.05, 4.69) is 26.6 Å². The van der Waals surface area contributed by atoms with Gasteiger partial charge >= 0.3 is 0 Å². The topological polar surface area (TPSA) is 87.2 Å². The number of hydrogen-bond donors (Lipinski definition) is 0. The van der Waals surface area contributed by atoms with E-state index in [0.717, 1.165) is 45.1 Å². The highest BCUT2D eigenvalue weighted by Crippen LogP contribution is 2.32. The summed E-state index contributed by atoms with van der Waals surface area (Å²) in [6, 6.07) is 17.8. The van der Waals surface area contributed by atoms with E-state index < -0.39 is 0 Å². The minimum atomic E-state index is 0.629. The lowest BCUT2D eigenvalue weighted by Gasteiger charge is -2.09. The molecule has 0 radical (unpaired) electrons. The minimum absolute atomic E-state index is 0.629. The molecule has 34 heavy (non-hydrogen) atoms. The second-order valence-corrected chi connectivity index (χ2v) is 7.72. The van der Waals surface area contributed by atoms with Crippen molar-refractivity contribution < 1.29 is 0 Å². The monoisotopic (exact) mass is 444 g/mol. The van der Waals surface area contributed by atoms with Gasteiger partial charge in [0.15, 0.2) is 11.5 Å². The Balaban J connectivity index is 1.62. The average Bonchev–Trinajstić information content (AvgIpc) is 3.57. The van der Waals surface area contributed by atoms with Crippen molar-refractivity contribution in [3.63, 3.8) is 0 Å². The van der Waals surface area contributed by atoms with Gasteiger partial charge in [0, 0.05) is 60.4 Å². The molecule has 0 N–H and O–H groups in total. The molecule has 0 saturated heterocycles. The van der Waals surface area contributed by atoms with Crippen LogP contribution in [0.3, 0.4) is 0 Å². The predicted octanol–water partition coefficient (Wildman–Crippen LogP) is 4.82. The number of hydrogen-bond acceptors (Lipinski definition) is 6. The van der Waals surface area contributed by atoms with Gasteiger partial charge in [-0.25, -0.2) is 19.6 Å². The van der Waals surface area contributed by atoms with Crippen molar-refractivity contribution in [2.45, 2.75) is 13.5 Å². The average molecular weight is 445 g/mol. The van der Waals surface area contributed by atoms with Crippen LogP contribution in [0, 0.1) is 0 Å². The molecule has 6 aromatic rings. The Hall–Kier alpha value is -4.72. The van der Waals surface area contributed by atoms with Gasteiger partial charge in [-0.2, -0.15) is 5.10 Å². The van der Waals surface area contributed by atoms with Crippen LogP contribution in [0.1, 0.15) is 6.92 Å². The molecule has 0 aliphatic heterocycles. The molecule has 5 heterocycles. The van der Waals surface area contributed by atoms with Crippen LogP contribution in [-0.4, -0.2) is 39.3 Å². The lowest BCUT2D eigenvalue weighted by atomic mass is 10.1. The summed E-state index contributed by atoms with van der Waals surface area (Å²) in [5.74, 6) is 1.47. The standard InChI is InChI=1S/C26H20N8/c1-2-33-25(19-9-14-28-15-10-19)31-23-22(18-7-12-27-13-8-18)30-24(32-26(23)33)20-5-3-6-21(17-20)34-16-4-11-29-34/h3-17H,2H2,1H3. The number of imidazole rings is 1. The van der Waals surface area contributed by atoms with Crippen molar-refractivity contribution in [2.75, 3.05) is 0 Å². The molecule has 8 heteroatoms. The number of nitrogens with zero attached hydrogens (tertiary/aromatic N) is 8. The molecule has 0 unspecified atom stereocenters. The quantitative estimate of drug-likeness (QED) is 0.379. The molecular formula is C26H20N8. The van der Waals surface area contributed by atoms with Crippen LogP contribution in [-0.2, 0) is 6.54 Å². The maximum absolute atomic E-state index is 5.00. The smallest absolute Gasteiger partial charge is 0.165 e. The Labute approximate surface area is 195 Å². The van der Waals surface area contributed by atoms with Crippen LogP contribution >= 0.6 is 0 Å². The Morgan fingerprint density at radius 1 is 0.735 bits per heavy atom. The fraction of sp³-hybridized carbons (Fsp3) is 0.0769. The summed E-state index contributed by atoms with van der Waals surface area (Å²) < 4.78 is 3.95. The van der Waals surface area contributed by atoms with E-state index >= 15 is 0 Å². The van der Waals surface area contributed by atoms with Crippen molar-refractivity contribution >= 4 is 11.2 Å². The SMILES string of the molecule is CCn1c(-c2ccncc2)nc2c(-c3ccncc3)nc(-c3cccc(-n4cccn4)c3)nc21. The maximum atomic E-state index is 5.00. The van der Waals surface area contributed by atoms with E-state index in [-0.39, 0.29) is 0 Å². The summed E-state index contributed by atoms with van der Waals surface area (Å²) in [6.07, 6.45) is 10.8. The van der Waals surface area contributed by atoms with Crippen LogP contribution in [0.15, 0.2) is 91.8 Å². The molecule has 0 fully saturated rings. The normalized spacial score (nSPS) is 11.2. The third-order valence-electron chi connectivity index (χ3n) is 5.68. The highest BCUT2D eigenvalue weighted by Gasteiger charge is 2.20. The number of aromatic nitrogens is 8. The molecule has 5 aromatic heterocycles. The largest absolute Gasteiger partial charge is 0.309 e. The molecule has 0 spiro atoms. The van der Waals surface area contributed by atoms with E-state index in [4.69, 9.17) is 15.0 Å². The fourth-order valence-electron chi connectivity index (χ4n) is 4.07. The molecule has 0 aliphatic rings. The first-order valence-electron chi connectivity index (χ1n) is 11.0. The van der Waals surface area contributed by atoms with Gasteiger partial charge in [0.2, 0.25) is 0 Å². The van der Waals surface area contributed by atoms with Crippen LogP contribution in [0.25, 0.3) is 50.9 Å². The van der Waals surface area contributed by atoms with Crippen LogP contribution in [0.4, 0.5) is 0 Å². The van der Waals surface area contributed by atoms with Crippen LogP contribution in [0.5, 0.6) is 0 Å². The molecule has 1 aromatic carbocycles. The molecular weight excluding hydrogens is 424 g/mol. The Morgan fingerprint density at radius 2 is 1.50 bits per heavy atom. The first-order valence-corrected chi connectivity index (χ1v) is 11.0. The third kappa shape index (κ3) is 3.41. The highest BCUT2D eigenvalue weighted by molar-refractivity contribution is 5.91. The number of aryl methyl sites for hydroxylation is 1. The lowest BCUT2D eigenvalue weighted by molar-refractivity contribution is 0.786. The molecule has 0 saturated carbocycles. The van der Waals surface area contributed by atoms with Gasteiger partial charge in [0.05, 0.1) is 5.69 Å². The molecule has 0 bridgehead atoms. The zero-order valence-electron chi connectivity index (χ0n) is 18.4. The molecule has 8 nitrogen and oxygen atoms in total. The minimum Gasteiger partial charge on any atom is -0.309 e. The van der Waals surface area contributed by atoms with Crippen molar-refractivity contribution in [2.24, 2.45) is 0 Å². The molecule has 164 valence electrons. The Kier molecular flexibility index (Phi) is 4.88. The zero-order chi connectivity index (χ0) is 22.9. The van der Waals surface area contributed by atoms with Crippen molar-refractivity contribution in [3.05, 3.63) is 91.8 Å². The Morgan fingerprint density at radius 3 is 2.21 bits per heavy atom. The summed E-state index contributed by atoms with van der Waals surface area (Å²) in [5, 5.41) is 4.35. The van der Waals surface area contributed by atoms with Gasteiger partial charge in [-0.05, 0) is 49.4 Å². The van der Waals surface area contributed by atoms with Crippen molar-refractivity contribution in [1.82, 2.24) is 39.3 Å². The van der Waals surface area contributed by atoms with Gasteiger partial charge in [-0.3, -0.25) is 9.97 Å². The number of rotatable bonds is 5. The van der Waals surface area contributed by atoms with Gasteiger partial charge in [0.1, 0.15) is 17.0 Å². The third-order valence-corrected chi connectivity index (χ3v) is 5.68. The second-order valence-electron chi connectivity index (χ2n) is 7.72. The van der Waals surface area contributed by atoms with E-state index in [0.29, 0.717) is 12.4 Å². The summed E-state index contributed by atoms with van der Waals surface area (Å²) in [4.78, 5) is 23.3. The van der Waals surface area contributed by atoms with E-state index in [1.807, 2.05) is 65.5 Å². The van der Waals surface area contributed by atoms with Gasteiger partial charge < -0.3 is 4.57 Å². The van der Waals surface area contributed by atoms with E-state index in [1.54, 1.807) is 31.0 Å². The predicted molar refractivity (Wildman–Crippen MR) is 130 cm³/mol. The summed E-state index contributed by atoms with van der Waals surface area (Å²) in [5.41, 5.74) is 6.08. The summed E-state index contributed by atoms with van der Waals surface area (Å²) >= 11 is 0. The number of pyridine rings is 2. The number of benzene rings is 1. The second kappa shape index (κ2) is 8.32. The van der Waals surface area contributed by atoms with Crippen molar-refractivity contribution in [3.8, 4) is 39.7 Å². The number of fused-ring (bicyclic) bond motifs is 1. The van der Waals surface area contributed by atoms with Gasteiger partial charge in [-0.1, -0.05) is 12.1 Å². The maximum Gasteiger partial charge on any atom is 0.165 e. The molecule has 0 atom stereocenters. The molecule has 0 amide bonds. The lowest BCUT2D eigenvalue weighted by Crippen LogP contribution is -2.01. The van der Waals surface area contributed by atoms with Gasteiger partial charge in [-0.15, -0.1) is 0 Å². The fourth-order valence-corrected chi connectivity index (χ4v) is 4.07. The Bertz CT molecular complexity index is 1570. The highest BCUT2D eigenvalue weighted by atomic mass is 15.3. The van der Waals surface area contributed by atoms with E-state index in [1.165, 1.54) is 0 Å². The molecule has 6 rings (SSSR count). The zero-order valence-corrected chi connectivity index (χ0v) is 18.4. The molecule has 0 aliphatic carbocycles. The van der Waals surface area contributed by atoms with Crippen molar-refractivity contribution in [1.29, 1.82) is 0 Å².